The number of aromatic nitrogens is 3. The van der Waals surface area contributed by atoms with Crippen molar-refractivity contribution in [3.63, 3.8) is 0 Å². The van der Waals surface area contributed by atoms with E-state index in [1.54, 1.807) is 18.4 Å². The van der Waals surface area contributed by atoms with Gasteiger partial charge in [-0.25, -0.2) is 0 Å². The van der Waals surface area contributed by atoms with Gasteiger partial charge in [0.2, 0.25) is 11.7 Å². The van der Waals surface area contributed by atoms with Crippen molar-refractivity contribution in [3.8, 4) is 11.6 Å². The quantitative estimate of drug-likeness (QED) is 0.386. The molecule has 0 saturated carbocycles. The third kappa shape index (κ3) is 5.81. The highest BCUT2D eigenvalue weighted by Gasteiger charge is 2.17. The number of hydrogen-bond donors (Lipinski definition) is 1. The molecule has 0 unspecified atom stereocenters. The molecule has 0 spiro atoms. The molecule has 7 nitrogen and oxygen atoms in total. The van der Waals surface area contributed by atoms with Gasteiger partial charge in [0.25, 0.3) is 0 Å². The van der Waals surface area contributed by atoms with Gasteiger partial charge in [0.15, 0.2) is 10.9 Å². The molecule has 3 aromatic rings. The number of anilines is 1. The Morgan fingerprint density at radius 1 is 1.26 bits per heavy atom. The largest absolute Gasteiger partial charge is 0.461 e. The first-order valence-corrected chi connectivity index (χ1v) is 12.3. The van der Waals surface area contributed by atoms with Gasteiger partial charge in [-0.2, -0.15) is 11.8 Å². The molecule has 3 heterocycles. The molecule has 0 atom stereocenters. The summed E-state index contributed by atoms with van der Waals surface area (Å²) in [5, 5.41) is 12.1. The average molecular weight is 456 g/mol. The Hall–Kier alpha value is -2.49. The maximum Gasteiger partial charge on any atom is 0.234 e. The lowest BCUT2D eigenvalue weighted by Crippen LogP contribution is -2.31. The predicted octanol–water partition coefficient (Wildman–Crippen LogP) is 4.00. The number of benzene rings is 1. The van der Waals surface area contributed by atoms with Gasteiger partial charge in [0.05, 0.1) is 12.0 Å². The van der Waals surface area contributed by atoms with Crippen molar-refractivity contribution in [3.05, 3.63) is 60.9 Å². The van der Waals surface area contributed by atoms with Gasteiger partial charge in [-0.05, 0) is 29.8 Å². The molecular formula is C22H25N5O2S2. The molecule has 1 fully saturated rings. The Labute approximate surface area is 190 Å². The Kier molecular flexibility index (Phi) is 7.50. The number of nitrogens with one attached hydrogen (secondary N) is 1. The summed E-state index contributed by atoms with van der Waals surface area (Å²) in [5.41, 5.74) is 2.03. The topological polar surface area (TPSA) is 76.2 Å². The summed E-state index contributed by atoms with van der Waals surface area (Å²) in [7, 11) is 0. The minimum Gasteiger partial charge on any atom is -0.461 e. The summed E-state index contributed by atoms with van der Waals surface area (Å²) in [5.74, 6) is 3.79. The highest BCUT2D eigenvalue weighted by Crippen LogP contribution is 2.24. The van der Waals surface area contributed by atoms with Crippen LogP contribution in [0, 0.1) is 0 Å². The van der Waals surface area contributed by atoms with E-state index in [0.29, 0.717) is 23.3 Å². The van der Waals surface area contributed by atoms with Crippen LogP contribution in [0.4, 0.5) is 5.69 Å². The zero-order valence-electron chi connectivity index (χ0n) is 17.2. The van der Waals surface area contributed by atoms with E-state index in [2.05, 4.69) is 39.1 Å². The minimum atomic E-state index is -0.0794. The van der Waals surface area contributed by atoms with Crippen molar-refractivity contribution in [1.82, 2.24) is 19.7 Å². The summed E-state index contributed by atoms with van der Waals surface area (Å²) >= 11 is 3.35. The van der Waals surface area contributed by atoms with E-state index in [1.807, 2.05) is 34.5 Å². The van der Waals surface area contributed by atoms with Crippen molar-refractivity contribution >= 4 is 35.1 Å². The molecule has 1 amide bonds. The van der Waals surface area contributed by atoms with Gasteiger partial charge in [0.1, 0.15) is 0 Å². The van der Waals surface area contributed by atoms with E-state index in [0.717, 1.165) is 25.3 Å². The molecule has 1 N–H and O–H groups in total. The number of carbonyl (C=O) groups excluding carboxylic acids is 1. The normalized spacial score (nSPS) is 14.5. The highest BCUT2D eigenvalue weighted by atomic mass is 32.2. The number of hydrogen-bond acceptors (Lipinski definition) is 7. The van der Waals surface area contributed by atoms with E-state index in [9.17, 15) is 4.79 Å². The molecular weight excluding hydrogens is 430 g/mol. The Balaban J connectivity index is 1.35. The Morgan fingerprint density at radius 3 is 2.90 bits per heavy atom. The number of amides is 1. The molecule has 1 aliphatic heterocycles. The first-order valence-electron chi connectivity index (χ1n) is 10.1. The average Bonchev–Trinajstić information content (AvgIpc) is 3.44. The van der Waals surface area contributed by atoms with E-state index < -0.39 is 0 Å². The molecule has 1 aromatic carbocycles. The summed E-state index contributed by atoms with van der Waals surface area (Å²) < 4.78 is 7.33. The Morgan fingerprint density at radius 2 is 2.13 bits per heavy atom. The van der Waals surface area contributed by atoms with Crippen molar-refractivity contribution in [2.75, 3.05) is 35.7 Å². The van der Waals surface area contributed by atoms with Crippen LogP contribution in [0.15, 0.2) is 64.9 Å². The number of rotatable bonds is 9. The molecule has 2 aromatic heterocycles. The van der Waals surface area contributed by atoms with Crippen LogP contribution in [0.2, 0.25) is 0 Å². The van der Waals surface area contributed by atoms with E-state index in [-0.39, 0.29) is 11.7 Å². The second-order valence-electron chi connectivity index (χ2n) is 7.11. The van der Waals surface area contributed by atoms with Gasteiger partial charge < -0.3 is 9.73 Å². The SMILES string of the molecule is C=CCn1c(SCC(=O)Nc2cccc(CN3CCSCC3)c2)nnc1-c1ccco1. The smallest absolute Gasteiger partial charge is 0.234 e. The van der Waals surface area contributed by atoms with Crippen LogP contribution in [0.25, 0.3) is 11.6 Å². The predicted molar refractivity (Wildman–Crippen MR) is 126 cm³/mol. The van der Waals surface area contributed by atoms with Crippen LogP contribution in [0.5, 0.6) is 0 Å². The molecule has 162 valence electrons. The highest BCUT2D eigenvalue weighted by molar-refractivity contribution is 7.99. The van der Waals surface area contributed by atoms with Crippen LogP contribution >= 0.6 is 23.5 Å². The zero-order valence-corrected chi connectivity index (χ0v) is 18.8. The van der Waals surface area contributed by atoms with Gasteiger partial charge in [-0.15, -0.1) is 16.8 Å². The van der Waals surface area contributed by atoms with E-state index in [4.69, 9.17) is 4.42 Å². The number of carbonyl (C=O) groups is 1. The zero-order chi connectivity index (χ0) is 21.5. The maximum atomic E-state index is 12.6. The lowest BCUT2D eigenvalue weighted by atomic mass is 10.2. The second-order valence-corrected chi connectivity index (χ2v) is 9.28. The molecule has 0 bridgehead atoms. The first kappa shape index (κ1) is 21.7. The maximum absolute atomic E-state index is 12.6. The van der Waals surface area contributed by atoms with E-state index >= 15 is 0 Å². The third-order valence-electron chi connectivity index (χ3n) is 4.82. The summed E-state index contributed by atoms with van der Waals surface area (Å²) in [6.45, 7) is 7.48. The van der Waals surface area contributed by atoms with Crippen molar-refractivity contribution in [2.24, 2.45) is 0 Å². The van der Waals surface area contributed by atoms with Gasteiger partial charge in [-0.3, -0.25) is 14.3 Å². The van der Waals surface area contributed by atoms with Crippen LogP contribution in [-0.4, -0.2) is 55.9 Å². The molecule has 1 saturated heterocycles. The number of allylic oxidation sites excluding steroid dienone is 1. The molecule has 9 heteroatoms. The monoisotopic (exact) mass is 455 g/mol. The van der Waals surface area contributed by atoms with E-state index in [1.165, 1.54) is 28.8 Å². The Bertz CT molecular complexity index is 1010. The fraction of sp³-hybridized carbons (Fsp3) is 0.318. The van der Waals surface area contributed by atoms with Crippen LogP contribution < -0.4 is 5.32 Å². The molecule has 0 radical (unpaired) electrons. The van der Waals surface area contributed by atoms with Gasteiger partial charge >= 0.3 is 0 Å². The summed E-state index contributed by atoms with van der Waals surface area (Å²) in [4.78, 5) is 15.0. The third-order valence-corrected chi connectivity index (χ3v) is 6.73. The fourth-order valence-electron chi connectivity index (χ4n) is 3.37. The lowest BCUT2D eigenvalue weighted by Gasteiger charge is -2.26. The van der Waals surface area contributed by atoms with Gasteiger partial charge in [-0.1, -0.05) is 30.0 Å². The number of nitrogens with zero attached hydrogens (tertiary/aromatic N) is 4. The molecule has 0 aliphatic carbocycles. The standard InChI is InChI=1S/C22H25N5O2S2/c1-2-8-27-21(19-7-4-11-29-19)24-25-22(27)31-16-20(28)23-18-6-3-5-17(14-18)15-26-9-12-30-13-10-26/h2-7,11,14H,1,8-10,12-13,15-16H2,(H,23,28). The van der Waals surface area contributed by atoms with Crippen molar-refractivity contribution < 1.29 is 9.21 Å². The summed E-state index contributed by atoms with van der Waals surface area (Å²) in [6.07, 6.45) is 3.37. The van der Waals surface area contributed by atoms with Crippen molar-refractivity contribution in [2.45, 2.75) is 18.2 Å². The van der Waals surface area contributed by atoms with Crippen LogP contribution in [-0.2, 0) is 17.9 Å². The molecule has 4 rings (SSSR count). The summed E-state index contributed by atoms with van der Waals surface area (Å²) in [6, 6.07) is 11.7. The van der Waals surface area contributed by atoms with Gasteiger partial charge in [0, 0.05) is 43.4 Å². The second kappa shape index (κ2) is 10.7. The van der Waals surface area contributed by atoms with Crippen LogP contribution in [0.3, 0.4) is 0 Å². The molecule has 1 aliphatic rings. The first-order chi connectivity index (χ1) is 15.2. The minimum absolute atomic E-state index is 0.0794. The fourth-order valence-corrected chi connectivity index (χ4v) is 5.10. The van der Waals surface area contributed by atoms with Crippen LogP contribution in [0.1, 0.15) is 5.56 Å². The number of furan rings is 1. The molecule has 31 heavy (non-hydrogen) atoms. The number of thioether (sulfide) groups is 2. The lowest BCUT2D eigenvalue weighted by molar-refractivity contribution is -0.113. The van der Waals surface area contributed by atoms with Crippen molar-refractivity contribution in [1.29, 1.82) is 0 Å².